The molecule has 0 radical (unpaired) electrons. The zero-order valence-corrected chi connectivity index (χ0v) is 12.5. The summed E-state index contributed by atoms with van der Waals surface area (Å²) in [5, 5.41) is -0.411. The van der Waals surface area contributed by atoms with E-state index >= 15 is 0 Å². The maximum atomic E-state index is 12.2. The number of nitrogens with one attached hydrogen (secondary N) is 1. The second-order valence-corrected chi connectivity index (χ2v) is 7.53. The lowest BCUT2D eigenvalue weighted by Crippen LogP contribution is -2.50. The second kappa shape index (κ2) is 6.56. The number of rotatable bonds is 5. The first-order chi connectivity index (χ1) is 9.58. The number of ether oxygens (including phenoxy) is 1. The first-order valence-electron chi connectivity index (χ1n) is 6.88. The number of hydrogen-bond acceptors (Lipinski definition) is 5. The first kappa shape index (κ1) is 15.3. The quantitative estimate of drug-likeness (QED) is 0.627. The van der Waals surface area contributed by atoms with E-state index in [2.05, 4.69) is 5.43 Å². The molecule has 1 aromatic rings. The molecule has 1 aromatic carbocycles. The molecule has 20 heavy (non-hydrogen) atoms. The fraction of sp³-hybridized carbons (Fsp3) is 0.571. The molecule has 0 saturated carbocycles. The topological polar surface area (TPSA) is 81.4 Å². The van der Waals surface area contributed by atoms with Crippen LogP contribution in [0.5, 0.6) is 5.75 Å². The summed E-state index contributed by atoms with van der Waals surface area (Å²) in [5.41, 5.74) is 3.66. The van der Waals surface area contributed by atoms with Crippen molar-refractivity contribution in [2.24, 2.45) is 5.84 Å². The minimum Gasteiger partial charge on any atom is -0.496 e. The molecular weight excluding hydrogens is 276 g/mol. The standard InChI is InChI=1S/C14H22N2O3S/c1-19-13-7-3-2-6-11(13)10-12(16-15)14-8-4-5-9-20(14,17)18/h2-3,6-7,12,14,16H,4-5,8-10,15H2,1H3. The lowest BCUT2D eigenvalue weighted by atomic mass is 9.99. The van der Waals surface area contributed by atoms with Crippen molar-refractivity contribution >= 4 is 9.84 Å². The second-order valence-electron chi connectivity index (χ2n) is 5.19. The maximum absolute atomic E-state index is 12.2. The molecule has 112 valence electrons. The molecule has 1 fully saturated rings. The zero-order chi connectivity index (χ0) is 14.6. The third-order valence-corrected chi connectivity index (χ3v) is 6.27. The highest BCUT2D eigenvalue weighted by molar-refractivity contribution is 7.92. The smallest absolute Gasteiger partial charge is 0.154 e. The zero-order valence-electron chi connectivity index (χ0n) is 11.7. The van der Waals surface area contributed by atoms with Crippen LogP contribution in [-0.4, -0.2) is 32.6 Å². The molecule has 2 unspecified atom stereocenters. The Morgan fingerprint density at radius 2 is 2.15 bits per heavy atom. The van der Waals surface area contributed by atoms with Gasteiger partial charge >= 0.3 is 0 Å². The highest BCUT2D eigenvalue weighted by atomic mass is 32.2. The van der Waals surface area contributed by atoms with Crippen LogP contribution in [0, 0.1) is 0 Å². The summed E-state index contributed by atoms with van der Waals surface area (Å²) in [5.74, 6) is 6.64. The minimum atomic E-state index is -3.06. The van der Waals surface area contributed by atoms with Crippen LogP contribution in [0.1, 0.15) is 24.8 Å². The van der Waals surface area contributed by atoms with Gasteiger partial charge in [0.1, 0.15) is 5.75 Å². The van der Waals surface area contributed by atoms with Gasteiger partial charge in [-0.05, 0) is 30.9 Å². The van der Waals surface area contributed by atoms with E-state index in [-0.39, 0.29) is 11.8 Å². The van der Waals surface area contributed by atoms with Gasteiger partial charge in [0.05, 0.1) is 18.1 Å². The summed E-state index contributed by atoms with van der Waals surface area (Å²) in [6, 6.07) is 7.35. The number of nitrogens with two attached hydrogens (primary N) is 1. The van der Waals surface area contributed by atoms with Crippen molar-refractivity contribution in [3.63, 3.8) is 0 Å². The Morgan fingerprint density at radius 3 is 2.80 bits per heavy atom. The Labute approximate surface area is 120 Å². The third kappa shape index (κ3) is 3.31. The predicted molar refractivity (Wildman–Crippen MR) is 79.2 cm³/mol. The van der Waals surface area contributed by atoms with Crippen LogP contribution in [0.25, 0.3) is 0 Å². The SMILES string of the molecule is COc1ccccc1CC(NN)C1CCCCS1(=O)=O. The third-order valence-electron chi connectivity index (χ3n) is 3.92. The van der Waals surface area contributed by atoms with E-state index in [4.69, 9.17) is 10.6 Å². The van der Waals surface area contributed by atoms with Gasteiger partial charge < -0.3 is 4.74 Å². The van der Waals surface area contributed by atoms with Crippen molar-refractivity contribution < 1.29 is 13.2 Å². The summed E-state index contributed by atoms with van der Waals surface area (Å²) in [7, 11) is -1.45. The lowest BCUT2D eigenvalue weighted by molar-refractivity contribution is 0.398. The summed E-state index contributed by atoms with van der Waals surface area (Å²) in [6.45, 7) is 0. The van der Waals surface area contributed by atoms with Crippen LogP contribution < -0.4 is 16.0 Å². The van der Waals surface area contributed by atoms with Crippen molar-refractivity contribution in [1.29, 1.82) is 0 Å². The average Bonchev–Trinajstić information content (AvgIpc) is 2.45. The summed E-state index contributed by atoms with van der Waals surface area (Å²) in [6.07, 6.45) is 2.91. The van der Waals surface area contributed by atoms with E-state index < -0.39 is 15.1 Å². The highest BCUT2D eigenvalue weighted by Gasteiger charge is 2.35. The van der Waals surface area contributed by atoms with Gasteiger partial charge in [-0.2, -0.15) is 0 Å². The van der Waals surface area contributed by atoms with Gasteiger partial charge in [-0.3, -0.25) is 11.3 Å². The van der Waals surface area contributed by atoms with Gasteiger partial charge in [-0.15, -0.1) is 0 Å². The van der Waals surface area contributed by atoms with Crippen LogP contribution in [0.2, 0.25) is 0 Å². The molecule has 0 bridgehead atoms. The minimum absolute atomic E-state index is 0.266. The van der Waals surface area contributed by atoms with Gasteiger partial charge in [-0.25, -0.2) is 8.42 Å². The van der Waals surface area contributed by atoms with Crippen LogP contribution in [0.4, 0.5) is 0 Å². The molecule has 1 heterocycles. The maximum Gasteiger partial charge on any atom is 0.154 e. The van der Waals surface area contributed by atoms with Crippen LogP contribution in [-0.2, 0) is 16.3 Å². The molecule has 2 atom stereocenters. The van der Waals surface area contributed by atoms with Crippen LogP contribution >= 0.6 is 0 Å². The van der Waals surface area contributed by atoms with Gasteiger partial charge in [0, 0.05) is 6.04 Å². The molecular formula is C14H22N2O3S. The molecule has 0 amide bonds. The molecule has 1 aliphatic rings. The summed E-state index contributed by atoms with van der Waals surface area (Å²) in [4.78, 5) is 0. The fourth-order valence-electron chi connectivity index (χ4n) is 2.84. The number of methoxy groups -OCH3 is 1. The van der Waals surface area contributed by atoms with E-state index in [9.17, 15) is 8.42 Å². The largest absolute Gasteiger partial charge is 0.496 e. The number of para-hydroxylation sites is 1. The molecule has 0 aliphatic carbocycles. The van der Waals surface area contributed by atoms with E-state index in [0.29, 0.717) is 12.8 Å². The molecule has 1 saturated heterocycles. The molecule has 2 rings (SSSR count). The molecule has 1 aliphatic heterocycles. The van der Waals surface area contributed by atoms with Gasteiger partial charge in [0.25, 0.3) is 0 Å². The Morgan fingerprint density at radius 1 is 1.40 bits per heavy atom. The summed E-state index contributed by atoms with van der Waals surface area (Å²) >= 11 is 0. The molecule has 6 heteroatoms. The van der Waals surface area contributed by atoms with Crippen molar-refractivity contribution in [2.45, 2.75) is 37.0 Å². The van der Waals surface area contributed by atoms with Crippen LogP contribution in [0.3, 0.4) is 0 Å². The number of hydrogen-bond donors (Lipinski definition) is 2. The Balaban J connectivity index is 2.20. The van der Waals surface area contributed by atoms with Crippen LogP contribution in [0.15, 0.2) is 24.3 Å². The number of sulfone groups is 1. The van der Waals surface area contributed by atoms with Crippen molar-refractivity contribution in [1.82, 2.24) is 5.43 Å². The van der Waals surface area contributed by atoms with E-state index in [1.165, 1.54) is 0 Å². The summed E-state index contributed by atoms with van der Waals surface area (Å²) < 4.78 is 29.7. The number of hydrazine groups is 1. The Kier molecular flexibility index (Phi) is 5.01. The fourth-order valence-corrected chi connectivity index (χ4v) is 4.95. The molecule has 0 aromatic heterocycles. The van der Waals surface area contributed by atoms with E-state index in [1.807, 2.05) is 24.3 Å². The molecule has 0 spiro atoms. The monoisotopic (exact) mass is 298 g/mol. The van der Waals surface area contributed by atoms with Crippen molar-refractivity contribution in [3.8, 4) is 5.75 Å². The Bertz CT molecular complexity index is 545. The predicted octanol–water partition coefficient (Wildman–Crippen LogP) is 1.04. The molecule has 3 N–H and O–H groups in total. The average molecular weight is 298 g/mol. The van der Waals surface area contributed by atoms with Crippen molar-refractivity contribution in [2.75, 3.05) is 12.9 Å². The van der Waals surface area contributed by atoms with E-state index in [1.54, 1.807) is 7.11 Å². The van der Waals surface area contributed by atoms with E-state index in [0.717, 1.165) is 24.2 Å². The highest BCUT2D eigenvalue weighted by Crippen LogP contribution is 2.26. The van der Waals surface area contributed by atoms with Gasteiger partial charge in [0.15, 0.2) is 9.84 Å². The van der Waals surface area contributed by atoms with Gasteiger partial charge in [-0.1, -0.05) is 24.6 Å². The lowest BCUT2D eigenvalue weighted by Gasteiger charge is -2.30. The number of benzene rings is 1. The van der Waals surface area contributed by atoms with Crippen molar-refractivity contribution in [3.05, 3.63) is 29.8 Å². The Hall–Kier alpha value is -1.11. The normalized spacial score (nSPS) is 23.2. The molecule has 5 nitrogen and oxygen atoms in total. The van der Waals surface area contributed by atoms with Gasteiger partial charge in [0.2, 0.25) is 0 Å². The first-order valence-corrected chi connectivity index (χ1v) is 8.59.